The minimum absolute atomic E-state index is 0.0888. The van der Waals surface area contributed by atoms with Gasteiger partial charge in [-0.2, -0.15) is 0 Å². The van der Waals surface area contributed by atoms with Crippen LogP contribution < -0.4 is 4.90 Å². The highest BCUT2D eigenvalue weighted by Gasteiger charge is 2.36. The molecule has 1 heteroatoms. The van der Waals surface area contributed by atoms with Crippen LogP contribution >= 0.6 is 0 Å². The molecule has 0 saturated carbocycles. The highest BCUT2D eigenvalue weighted by Crippen LogP contribution is 2.52. The first-order valence-electron chi connectivity index (χ1n) is 17.0. The van der Waals surface area contributed by atoms with Crippen molar-refractivity contribution in [3.63, 3.8) is 0 Å². The van der Waals surface area contributed by atoms with Gasteiger partial charge in [0.1, 0.15) is 0 Å². The molecule has 0 aliphatic heterocycles. The van der Waals surface area contributed by atoms with Crippen LogP contribution in [0.4, 0.5) is 17.1 Å². The lowest BCUT2D eigenvalue weighted by atomic mass is 9.81. The van der Waals surface area contributed by atoms with Gasteiger partial charge < -0.3 is 4.90 Å². The van der Waals surface area contributed by atoms with Crippen molar-refractivity contribution in [1.29, 1.82) is 0 Å². The summed E-state index contributed by atoms with van der Waals surface area (Å²) in [6, 6.07) is 42.2. The number of para-hydroxylation sites is 1. The number of benzene rings is 6. The monoisotopic (exact) mass is 615 g/mol. The lowest BCUT2D eigenvalue weighted by molar-refractivity contribution is 0.589. The Labute approximate surface area is 282 Å². The summed E-state index contributed by atoms with van der Waals surface area (Å²) in [7, 11) is 0. The fourth-order valence-corrected chi connectivity index (χ4v) is 7.30. The van der Waals surface area contributed by atoms with Crippen LogP contribution in [-0.4, -0.2) is 0 Å². The summed E-state index contributed by atoms with van der Waals surface area (Å²) in [6.45, 7) is 22.5. The SMILES string of the molecule is Cc1ccc(N(c2ccccc2)c2c(C)cc(C(C)(C)C)cc2C)cc1.Cc1ccc2c(c1)C(C)(C)c1cc(C)c3ccccc3c1-2. The first-order chi connectivity index (χ1) is 22.3. The topological polar surface area (TPSA) is 3.24 Å². The van der Waals surface area contributed by atoms with Crippen LogP contribution in [0.15, 0.2) is 115 Å². The summed E-state index contributed by atoms with van der Waals surface area (Å²) in [4.78, 5) is 2.37. The number of nitrogens with zero attached hydrogens (tertiary/aromatic N) is 1. The van der Waals surface area contributed by atoms with Crippen LogP contribution in [0.2, 0.25) is 0 Å². The third kappa shape index (κ3) is 6.00. The Hall–Kier alpha value is -4.62. The number of hydrogen-bond acceptors (Lipinski definition) is 1. The number of hydrogen-bond donors (Lipinski definition) is 0. The Morgan fingerprint density at radius 1 is 0.511 bits per heavy atom. The molecule has 0 bridgehead atoms. The van der Waals surface area contributed by atoms with Crippen molar-refractivity contribution in [3.8, 4) is 11.1 Å². The van der Waals surface area contributed by atoms with Gasteiger partial charge in [0, 0.05) is 16.8 Å². The predicted octanol–water partition coefficient (Wildman–Crippen LogP) is 13.1. The Morgan fingerprint density at radius 3 is 1.68 bits per heavy atom. The molecule has 1 aliphatic carbocycles. The van der Waals surface area contributed by atoms with Crippen LogP contribution in [0.25, 0.3) is 21.9 Å². The van der Waals surface area contributed by atoms with Gasteiger partial charge in [0.2, 0.25) is 0 Å². The van der Waals surface area contributed by atoms with Crippen LogP contribution in [0.5, 0.6) is 0 Å². The van der Waals surface area contributed by atoms with Crippen molar-refractivity contribution >= 4 is 27.8 Å². The molecule has 1 nitrogen and oxygen atoms in total. The quantitative estimate of drug-likeness (QED) is 0.191. The van der Waals surface area contributed by atoms with Gasteiger partial charge >= 0.3 is 0 Å². The number of rotatable bonds is 3. The molecule has 0 N–H and O–H groups in total. The first kappa shape index (κ1) is 32.3. The van der Waals surface area contributed by atoms with E-state index in [4.69, 9.17) is 0 Å². The molecule has 0 heterocycles. The molecule has 1 aliphatic rings. The van der Waals surface area contributed by atoms with Crippen LogP contribution in [-0.2, 0) is 10.8 Å². The molecule has 0 radical (unpaired) electrons. The third-order valence-electron chi connectivity index (χ3n) is 9.93. The van der Waals surface area contributed by atoms with Crippen LogP contribution in [0, 0.1) is 34.6 Å². The van der Waals surface area contributed by atoms with Gasteiger partial charge in [-0.1, -0.05) is 137 Å². The van der Waals surface area contributed by atoms with Gasteiger partial charge in [-0.05, 0) is 120 Å². The Morgan fingerprint density at radius 2 is 1.06 bits per heavy atom. The molecule has 7 rings (SSSR count). The molecule has 0 unspecified atom stereocenters. The zero-order valence-corrected chi connectivity index (χ0v) is 29.9. The summed E-state index contributed by atoms with van der Waals surface area (Å²) in [6.07, 6.45) is 0. The second-order valence-electron chi connectivity index (χ2n) is 15.1. The number of anilines is 3. The minimum atomic E-state index is 0.0888. The van der Waals surface area contributed by atoms with E-state index in [-0.39, 0.29) is 10.8 Å². The second-order valence-corrected chi connectivity index (χ2v) is 15.1. The van der Waals surface area contributed by atoms with Crippen molar-refractivity contribution in [3.05, 3.63) is 160 Å². The van der Waals surface area contributed by atoms with Crippen molar-refractivity contribution < 1.29 is 0 Å². The fourth-order valence-electron chi connectivity index (χ4n) is 7.30. The molecule has 47 heavy (non-hydrogen) atoms. The average Bonchev–Trinajstić information content (AvgIpc) is 3.25. The first-order valence-corrected chi connectivity index (χ1v) is 17.0. The summed E-state index contributed by atoms with van der Waals surface area (Å²) in [5, 5.41) is 2.77. The zero-order chi connectivity index (χ0) is 33.7. The van der Waals surface area contributed by atoms with Gasteiger partial charge in [0.15, 0.2) is 0 Å². The third-order valence-corrected chi connectivity index (χ3v) is 9.93. The average molecular weight is 616 g/mol. The maximum absolute atomic E-state index is 2.40. The van der Waals surface area contributed by atoms with Gasteiger partial charge in [-0.25, -0.2) is 0 Å². The summed E-state index contributed by atoms with van der Waals surface area (Å²) in [5.41, 5.74) is 17.7. The van der Waals surface area contributed by atoms with E-state index in [1.165, 1.54) is 83.5 Å². The maximum atomic E-state index is 2.40. The lowest BCUT2D eigenvalue weighted by Crippen LogP contribution is -2.16. The van der Waals surface area contributed by atoms with Gasteiger partial charge in [-0.3, -0.25) is 0 Å². The lowest BCUT2D eigenvalue weighted by Gasteiger charge is -2.30. The summed E-state index contributed by atoms with van der Waals surface area (Å²) < 4.78 is 0. The van der Waals surface area contributed by atoms with E-state index in [2.05, 4.69) is 189 Å². The van der Waals surface area contributed by atoms with Crippen LogP contribution in [0.1, 0.15) is 79.1 Å². The molecule has 6 aromatic rings. The molecule has 0 aromatic heterocycles. The zero-order valence-electron chi connectivity index (χ0n) is 29.9. The maximum Gasteiger partial charge on any atom is 0.0520 e. The molecule has 0 spiro atoms. The smallest absolute Gasteiger partial charge is 0.0520 e. The van der Waals surface area contributed by atoms with E-state index in [9.17, 15) is 0 Å². The van der Waals surface area contributed by atoms with E-state index in [0.29, 0.717) is 0 Å². The van der Waals surface area contributed by atoms with Crippen molar-refractivity contribution in [2.45, 2.75) is 80.1 Å². The number of fused-ring (bicyclic) bond motifs is 5. The Balaban J connectivity index is 0.000000168. The molecule has 0 amide bonds. The molecule has 0 atom stereocenters. The standard InChI is InChI=1S/C25H29N.C21H20/c1-18-12-14-23(15-13-18)26(22-10-8-7-9-11-22)24-19(2)16-21(17-20(24)3)25(4,5)6;1-13-9-10-17-18(11-13)21(3,4)19-12-14(2)15-7-5-6-8-16(15)20(17)19/h7-17H,1-6H3;5-12H,1-4H3. The molecule has 0 fully saturated rings. The fraction of sp³-hybridized carbons (Fsp3) is 0.261. The van der Waals surface area contributed by atoms with E-state index < -0.39 is 0 Å². The van der Waals surface area contributed by atoms with Crippen molar-refractivity contribution in [2.24, 2.45) is 0 Å². The van der Waals surface area contributed by atoms with Gasteiger partial charge in [-0.15, -0.1) is 0 Å². The molecule has 238 valence electrons. The van der Waals surface area contributed by atoms with Crippen LogP contribution in [0.3, 0.4) is 0 Å². The van der Waals surface area contributed by atoms with Crippen molar-refractivity contribution in [2.75, 3.05) is 4.90 Å². The predicted molar refractivity (Wildman–Crippen MR) is 205 cm³/mol. The van der Waals surface area contributed by atoms with E-state index >= 15 is 0 Å². The normalized spacial score (nSPS) is 13.1. The highest BCUT2D eigenvalue weighted by molar-refractivity contribution is 6.03. The highest BCUT2D eigenvalue weighted by atomic mass is 15.1. The minimum Gasteiger partial charge on any atom is -0.310 e. The van der Waals surface area contributed by atoms with Crippen molar-refractivity contribution in [1.82, 2.24) is 0 Å². The summed E-state index contributed by atoms with van der Waals surface area (Å²) in [5.74, 6) is 0. The molecule has 6 aromatic carbocycles. The largest absolute Gasteiger partial charge is 0.310 e. The summed E-state index contributed by atoms with van der Waals surface area (Å²) >= 11 is 0. The number of aryl methyl sites for hydroxylation is 5. The van der Waals surface area contributed by atoms with E-state index in [1.54, 1.807) is 0 Å². The van der Waals surface area contributed by atoms with Gasteiger partial charge in [0.05, 0.1) is 5.69 Å². The second kappa shape index (κ2) is 12.2. The van der Waals surface area contributed by atoms with Gasteiger partial charge in [0.25, 0.3) is 0 Å². The Bertz CT molecular complexity index is 2050. The molecular formula is C46H49N. The van der Waals surface area contributed by atoms with E-state index in [1.807, 2.05) is 0 Å². The molecular weight excluding hydrogens is 567 g/mol. The van der Waals surface area contributed by atoms with E-state index in [0.717, 1.165) is 0 Å². The molecule has 0 saturated heterocycles. The Kier molecular flexibility index (Phi) is 8.39.